The van der Waals surface area contributed by atoms with Crippen molar-refractivity contribution in [2.45, 2.75) is 33.1 Å². The lowest BCUT2D eigenvalue weighted by Gasteiger charge is -2.15. The Kier molecular flexibility index (Phi) is 6.02. The van der Waals surface area contributed by atoms with Crippen molar-refractivity contribution in [1.82, 2.24) is 14.9 Å². The van der Waals surface area contributed by atoms with Crippen molar-refractivity contribution in [3.8, 4) is 5.88 Å². The molecule has 0 aliphatic rings. The monoisotopic (exact) mass is 266 g/mol. The molecule has 0 radical (unpaired) electrons. The maximum atomic E-state index is 5.80. The average molecular weight is 266 g/mol. The summed E-state index contributed by atoms with van der Waals surface area (Å²) in [6.45, 7) is 7.84. The largest absolute Gasteiger partial charge is 0.477 e. The predicted molar refractivity (Wildman–Crippen MR) is 79.1 cm³/mol. The highest BCUT2D eigenvalue weighted by Crippen LogP contribution is 2.24. The fourth-order valence-corrected chi connectivity index (χ4v) is 1.70. The number of aromatic nitrogens is 2. The second-order valence-corrected chi connectivity index (χ2v) is 5.27. The van der Waals surface area contributed by atoms with Crippen LogP contribution in [0.5, 0.6) is 5.88 Å². The smallest absolute Gasteiger partial charge is 0.221 e. The van der Waals surface area contributed by atoms with Crippen LogP contribution in [0.15, 0.2) is 0 Å². The van der Waals surface area contributed by atoms with Crippen LogP contribution in [0, 0.1) is 6.92 Å². The minimum atomic E-state index is 0.289. The molecule has 0 aliphatic carbocycles. The Hall–Kier alpha value is -1.36. The van der Waals surface area contributed by atoms with Gasteiger partial charge >= 0.3 is 0 Å². The number of hydrogen-bond acceptors (Lipinski definition) is 5. The topological polar surface area (TPSA) is 50.3 Å². The van der Waals surface area contributed by atoms with Crippen molar-refractivity contribution in [2.75, 3.05) is 39.6 Å². The van der Waals surface area contributed by atoms with Gasteiger partial charge in [0.1, 0.15) is 11.6 Å². The van der Waals surface area contributed by atoms with Crippen LogP contribution in [0.2, 0.25) is 0 Å². The number of nitrogens with zero attached hydrogens (tertiary/aromatic N) is 3. The van der Waals surface area contributed by atoms with E-state index < -0.39 is 0 Å². The van der Waals surface area contributed by atoms with Crippen LogP contribution in [0.4, 0.5) is 5.82 Å². The molecule has 5 nitrogen and oxygen atoms in total. The summed E-state index contributed by atoms with van der Waals surface area (Å²) in [5, 5.41) is 3.10. The minimum Gasteiger partial charge on any atom is -0.477 e. The quantitative estimate of drug-likeness (QED) is 0.767. The van der Waals surface area contributed by atoms with Crippen LogP contribution in [0.25, 0.3) is 0 Å². The van der Waals surface area contributed by atoms with Gasteiger partial charge in [-0.1, -0.05) is 13.8 Å². The molecule has 0 bridgehead atoms. The third-order valence-corrected chi connectivity index (χ3v) is 2.86. The summed E-state index contributed by atoms with van der Waals surface area (Å²) in [5.41, 5.74) is 0.969. The normalized spacial score (nSPS) is 11.2. The van der Waals surface area contributed by atoms with Gasteiger partial charge in [0, 0.05) is 19.5 Å². The van der Waals surface area contributed by atoms with Crippen molar-refractivity contribution >= 4 is 5.82 Å². The van der Waals surface area contributed by atoms with Crippen LogP contribution in [0.1, 0.15) is 37.6 Å². The maximum absolute atomic E-state index is 5.80. The number of rotatable bonds is 7. The van der Waals surface area contributed by atoms with E-state index >= 15 is 0 Å². The Bertz CT molecular complexity index is 405. The van der Waals surface area contributed by atoms with Gasteiger partial charge in [0.15, 0.2) is 0 Å². The second-order valence-electron chi connectivity index (χ2n) is 5.27. The van der Waals surface area contributed by atoms with E-state index in [2.05, 4.69) is 48.1 Å². The molecule has 0 saturated carbocycles. The summed E-state index contributed by atoms with van der Waals surface area (Å²) in [6.07, 6.45) is 0.988. The molecular formula is C14H26N4O. The van der Waals surface area contributed by atoms with Gasteiger partial charge in [0.05, 0.1) is 12.2 Å². The Morgan fingerprint density at radius 1 is 1.26 bits per heavy atom. The summed E-state index contributed by atoms with van der Waals surface area (Å²) in [4.78, 5) is 11.2. The molecule has 0 atom stereocenters. The van der Waals surface area contributed by atoms with Crippen molar-refractivity contribution in [1.29, 1.82) is 0 Å². The molecule has 108 valence electrons. The molecule has 0 amide bonds. The molecule has 0 saturated heterocycles. The molecule has 0 fully saturated rings. The molecule has 1 N–H and O–H groups in total. The molecule has 0 spiro atoms. The standard InChI is InChI=1S/C14H26N4O/c1-10(2)12-16-13(15-4)11(3)14(17-12)19-9-7-8-18(5)6/h10H,7-9H2,1-6H3,(H,15,16,17). The van der Waals surface area contributed by atoms with Crippen molar-refractivity contribution < 1.29 is 4.74 Å². The maximum Gasteiger partial charge on any atom is 0.221 e. The SMILES string of the molecule is CNc1nc(C(C)C)nc(OCCCN(C)C)c1C. The molecule has 0 aliphatic heterocycles. The van der Waals surface area contributed by atoms with Crippen molar-refractivity contribution in [2.24, 2.45) is 0 Å². The lowest BCUT2D eigenvalue weighted by Crippen LogP contribution is -2.16. The van der Waals surface area contributed by atoms with E-state index in [0.29, 0.717) is 12.5 Å². The zero-order valence-corrected chi connectivity index (χ0v) is 12.9. The summed E-state index contributed by atoms with van der Waals surface area (Å²) in [6, 6.07) is 0. The van der Waals surface area contributed by atoms with Crippen LogP contribution < -0.4 is 10.1 Å². The van der Waals surface area contributed by atoms with Gasteiger partial charge in [-0.2, -0.15) is 4.98 Å². The Labute approximate surface area is 116 Å². The molecule has 1 rings (SSSR count). The minimum absolute atomic E-state index is 0.289. The Morgan fingerprint density at radius 2 is 1.95 bits per heavy atom. The molecule has 1 aromatic heterocycles. The van der Waals surface area contributed by atoms with E-state index in [0.717, 1.165) is 30.2 Å². The van der Waals surface area contributed by atoms with Crippen LogP contribution in [0.3, 0.4) is 0 Å². The summed E-state index contributed by atoms with van der Waals surface area (Å²) in [7, 11) is 5.99. The second kappa shape index (κ2) is 7.28. The van der Waals surface area contributed by atoms with Crippen molar-refractivity contribution in [3.63, 3.8) is 0 Å². The summed E-state index contributed by atoms with van der Waals surface area (Å²) >= 11 is 0. The zero-order chi connectivity index (χ0) is 14.4. The highest BCUT2D eigenvalue weighted by molar-refractivity contribution is 5.48. The average Bonchev–Trinajstić information content (AvgIpc) is 2.35. The van der Waals surface area contributed by atoms with E-state index in [-0.39, 0.29) is 5.92 Å². The number of ether oxygens (including phenoxy) is 1. The van der Waals surface area contributed by atoms with E-state index in [9.17, 15) is 0 Å². The van der Waals surface area contributed by atoms with Crippen LogP contribution >= 0.6 is 0 Å². The van der Waals surface area contributed by atoms with Gasteiger partial charge in [-0.3, -0.25) is 0 Å². The molecule has 0 unspecified atom stereocenters. The third kappa shape index (κ3) is 4.67. The first-order valence-electron chi connectivity index (χ1n) is 6.79. The molecule has 19 heavy (non-hydrogen) atoms. The molecule has 1 aromatic rings. The summed E-state index contributed by atoms with van der Waals surface area (Å²) < 4.78 is 5.80. The third-order valence-electron chi connectivity index (χ3n) is 2.86. The molecule has 5 heteroatoms. The van der Waals surface area contributed by atoms with Crippen LogP contribution in [-0.2, 0) is 0 Å². The van der Waals surface area contributed by atoms with E-state index in [1.807, 2.05) is 14.0 Å². The fraction of sp³-hybridized carbons (Fsp3) is 0.714. The molecular weight excluding hydrogens is 240 g/mol. The predicted octanol–water partition coefficient (Wildman–Crippen LogP) is 2.28. The number of nitrogens with one attached hydrogen (secondary N) is 1. The van der Waals surface area contributed by atoms with Gasteiger partial charge < -0.3 is 15.0 Å². The highest BCUT2D eigenvalue weighted by Gasteiger charge is 2.13. The highest BCUT2D eigenvalue weighted by atomic mass is 16.5. The molecule has 1 heterocycles. The fourth-order valence-electron chi connectivity index (χ4n) is 1.70. The first kappa shape index (κ1) is 15.7. The zero-order valence-electron chi connectivity index (χ0n) is 12.9. The van der Waals surface area contributed by atoms with E-state index in [1.165, 1.54) is 0 Å². The lowest BCUT2D eigenvalue weighted by atomic mass is 10.2. The van der Waals surface area contributed by atoms with Gasteiger partial charge in [-0.05, 0) is 27.4 Å². The van der Waals surface area contributed by atoms with Gasteiger partial charge in [0.2, 0.25) is 5.88 Å². The van der Waals surface area contributed by atoms with E-state index in [1.54, 1.807) is 0 Å². The lowest BCUT2D eigenvalue weighted by molar-refractivity contribution is 0.270. The Balaban J connectivity index is 2.78. The number of hydrogen-bond donors (Lipinski definition) is 1. The Morgan fingerprint density at radius 3 is 2.47 bits per heavy atom. The summed E-state index contributed by atoms with van der Waals surface area (Å²) in [5.74, 6) is 2.65. The van der Waals surface area contributed by atoms with Gasteiger partial charge in [0.25, 0.3) is 0 Å². The van der Waals surface area contributed by atoms with E-state index in [4.69, 9.17) is 4.74 Å². The van der Waals surface area contributed by atoms with Crippen LogP contribution in [-0.4, -0.2) is 49.2 Å². The first-order valence-corrected chi connectivity index (χ1v) is 6.79. The van der Waals surface area contributed by atoms with Gasteiger partial charge in [-0.15, -0.1) is 0 Å². The number of anilines is 1. The van der Waals surface area contributed by atoms with Gasteiger partial charge in [-0.25, -0.2) is 4.98 Å². The molecule has 0 aromatic carbocycles. The first-order chi connectivity index (χ1) is 8.95. The van der Waals surface area contributed by atoms with Crippen molar-refractivity contribution in [3.05, 3.63) is 11.4 Å².